The summed E-state index contributed by atoms with van der Waals surface area (Å²) in [5.41, 5.74) is 3.12. The van der Waals surface area contributed by atoms with Crippen LogP contribution >= 0.6 is 0 Å². The number of aliphatic hydroxyl groups is 1. The highest BCUT2D eigenvalue weighted by atomic mass is 16.5. The summed E-state index contributed by atoms with van der Waals surface area (Å²) >= 11 is 0. The van der Waals surface area contributed by atoms with Gasteiger partial charge in [-0.2, -0.15) is 0 Å². The Bertz CT molecular complexity index is 748. The number of phenols is 2. The first-order valence-electron chi connectivity index (χ1n) is 9.50. The van der Waals surface area contributed by atoms with Crippen LogP contribution in [0.25, 0.3) is 0 Å². The van der Waals surface area contributed by atoms with Crippen molar-refractivity contribution in [1.29, 1.82) is 0 Å². The zero-order valence-electron chi connectivity index (χ0n) is 16.4. The number of phenolic OH excluding ortho intramolecular Hbond substituents is 2. The molecule has 0 aliphatic heterocycles. The van der Waals surface area contributed by atoms with Gasteiger partial charge in [0.1, 0.15) is 23.7 Å². The summed E-state index contributed by atoms with van der Waals surface area (Å²) in [6.07, 6.45) is 5.13. The second kappa shape index (κ2) is 9.09. The third-order valence-corrected chi connectivity index (χ3v) is 5.16. The van der Waals surface area contributed by atoms with E-state index in [1.807, 2.05) is 26.8 Å². The molecule has 0 heterocycles. The second-order valence-corrected chi connectivity index (χ2v) is 7.33. The van der Waals surface area contributed by atoms with Crippen LogP contribution in [-0.2, 0) is 11.2 Å². The number of carbonyl (C=O) groups is 1. The molecule has 0 radical (unpaired) electrons. The van der Waals surface area contributed by atoms with Crippen molar-refractivity contribution in [3.05, 3.63) is 46.6 Å². The predicted octanol–water partition coefficient (Wildman–Crippen LogP) is 4.22. The number of benzene rings is 1. The van der Waals surface area contributed by atoms with Gasteiger partial charge >= 0.3 is 5.97 Å². The molecule has 1 aliphatic carbocycles. The Morgan fingerprint density at radius 3 is 2.67 bits per heavy atom. The van der Waals surface area contributed by atoms with Gasteiger partial charge in [0.15, 0.2) is 0 Å². The predicted molar refractivity (Wildman–Crippen MR) is 105 cm³/mol. The van der Waals surface area contributed by atoms with Crippen molar-refractivity contribution in [3.63, 3.8) is 0 Å². The number of aliphatic hydroxyl groups excluding tert-OH is 1. The van der Waals surface area contributed by atoms with E-state index in [0.29, 0.717) is 17.5 Å². The summed E-state index contributed by atoms with van der Waals surface area (Å²) in [5, 5.41) is 30.6. The number of aryl methyl sites for hydroxylation is 1. The molecule has 5 heteroatoms. The molecular formula is C22H30O5. The fraction of sp³-hybridized carbons (Fsp3) is 0.500. The topological polar surface area (TPSA) is 87.0 Å². The Hall–Kier alpha value is -2.27. The number of carbonyl (C=O) groups excluding carboxylic acids is 1. The quantitative estimate of drug-likeness (QED) is 0.491. The molecule has 5 nitrogen and oxygen atoms in total. The highest BCUT2D eigenvalue weighted by Gasteiger charge is 2.33. The monoisotopic (exact) mass is 374 g/mol. The fourth-order valence-electron chi connectivity index (χ4n) is 3.86. The van der Waals surface area contributed by atoms with E-state index in [0.717, 1.165) is 24.8 Å². The average Bonchev–Trinajstić information content (AvgIpc) is 2.59. The molecule has 0 unspecified atom stereocenters. The van der Waals surface area contributed by atoms with Crippen molar-refractivity contribution in [3.8, 4) is 11.5 Å². The maximum absolute atomic E-state index is 12.5. The number of hydrogen-bond donors (Lipinski definition) is 3. The van der Waals surface area contributed by atoms with E-state index in [9.17, 15) is 15.0 Å². The van der Waals surface area contributed by atoms with Crippen LogP contribution in [0.4, 0.5) is 0 Å². The lowest BCUT2D eigenvalue weighted by Crippen LogP contribution is -2.19. The van der Waals surface area contributed by atoms with Crippen molar-refractivity contribution in [2.45, 2.75) is 52.4 Å². The van der Waals surface area contributed by atoms with Crippen molar-refractivity contribution in [1.82, 2.24) is 0 Å². The number of aromatic hydroxyl groups is 2. The molecule has 0 aromatic heterocycles. The standard InChI is InChI=1S/C22H30O5/c1-5-6-15-12-18(24)20(21(25)19(15)22(26)27-10-9-23)17-11-14(4)7-8-16(17)13(2)3/h11-12,16-17,23-25H,2,5-10H2,1,3-4H3/t16-,17+/m0/s1. The zero-order valence-corrected chi connectivity index (χ0v) is 16.4. The van der Waals surface area contributed by atoms with Crippen LogP contribution in [0.5, 0.6) is 11.5 Å². The lowest BCUT2D eigenvalue weighted by molar-refractivity contribution is 0.0429. The van der Waals surface area contributed by atoms with Crippen molar-refractivity contribution >= 4 is 5.97 Å². The first kappa shape index (κ1) is 21.0. The molecule has 2 atom stereocenters. The summed E-state index contributed by atoms with van der Waals surface area (Å²) < 4.78 is 5.06. The van der Waals surface area contributed by atoms with E-state index in [2.05, 4.69) is 6.58 Å². The summed E-state index contributed by atoms with van der Waals surface area (Å²) in [7, 11) is 0. The molecule has 27 heavy (non-hydrogen) atoms. The molecule has 1 aromatic carbocycles. The van der Waals surface area contributed by atoms with Crippen LogP contribution in [0.2, 0.25) is 0 Å². The lowest BCUT2D eigenvalue weighted by Gasteiger charge is -2.32. The Balaban J connectivity index is 2.64. The molecule has 0 saturated carbocycles. The second-order valence-electron chi connectivity index (χ2n) is 7.33. The van der Waals surface area contributed by atoms with Gasteiger partial charge in [0.05, 0.1) is 6.61 Å². The van der Waals surface area contributed by atoms with Gasteiger partial charge in [0.2, 0.25) is 0 Å². The molecule has 3 N–H and O–H groups in total. The van der Waals surface area contributed by atoms with Gasteiger partial charge in [-0.25, -0.2) is 4.79 Å². The van der Waals surface area contributed by atoms with Crippen LogP contribution in [0.15, 0.2) is 29.9 Å². The normalized spacial score (nSPS) is 19.5. The van der Waals surface area contributed by atoms with E-state index in [4.69, 9.17) is 9.84 Å². The van der Waals surface area contributed by atoms with Crippen LogP contribution in [-0.4, -0.2) is 34.5 Å². The summed E-state index contributed by atoms with van der Waals surface area (Å²) in [5.74, 6) is -1.12. The molecule has 148 valence electrons. The van der Waals surface area contributed by atoms with E-state index in [-0.39, 0.29) is 42.1 Å². The number of rotatable bonds is 7. The molecule has 0 amide bonds. The van der Waals surface area contributed by atoms with Crippen molar-refractivity contribution < 1.29 is 24.9 Å². The summed E-state index contributed by atoms with van der Waals surface area (Å²) in [4.78, 5) is 12.5. The zero-order chi connectivity index (χ0) is 20.1. The third kappa shape index (κ3) is 4.53. The maximum Gasteiger partial charge on any atom is 0.342 e. The van der Waals surface area contributed by atoms with E-state index in [1.54, 1.807) is 6.07 Å². The van der Waals surface area contributed by atoms with Gasteiger partial charge in [-0.05, 0) is 50.7 Å². The first-order chi connectivity index (χ1) is 12.8. The summed E-state index contributed by atoms with van der Waals surface area (Å²) in [6.45, 7) is 9.57. The van der Waals surface area contributed by atoms with Crippen molar-refractivity contribution in [2.24, 2.45) is 5.92 Å². The first-order valence-corrected chi connectivity index (χ1v) is 9.50. The van der Waals surface area contributed by atoms with Gasteiger partial charge in [-0.1, -0.05) is 37.1 Å². The maximum atomic E-state index is 12.5. The van der Waals surface area contributed by atoms with Crippen molar-refractivity contribution in [2.75, 3.05) is 13.2 Å². The van der Waals surface area contributed by atoms with Crippen LogP contribution in [0, 0.1) is 5.92 Å². The van der Waals surface area contributed by atoms with E-state index >= 15 is 0 Å². The Morgan fingerprint density at radius 2 is 2.07 bits per heavy atom. The fourth-order valence-corrected chi connectivity index (χ4v) is 3.86. The molecule has 1 aromatic rings. The molecule has 0 spiro atoms. The largest absolute Gasteiger partial charge is 0.507 e. The minimum absolute atomic E-state index is 0.0168. The number of allylic oxidation sites excluding steroid dienone is 3. The lowest BCUT2D eigenvalue weighted by atomic mass is 9.73. The van der Waals surface area contributed by atoms with Crippen LogP contribution < -0.4 is 0 Å². The highest BCUT2D eigenvalue weighted by Crippen LogP contribution is 2.48. The SMILES string of the molecule is C=C(C)[C@@H]1CCC(C)=C[C@H]1c1c(O)cc(CCC)c(C(=O)OCCO)c1O. The molecule has 0 saturated heterocycles. The van der Waals surface area contributed by atoms with Gasteiger partial charge in [0, 0.05) is 11.5 Å². The number of ether oxygens (including phenoxy) is 1. The van der Waals surface area contributed by atoms with E-state index < -0.39 is 5.97 Å². The van der Waals surface area contributed by atoms with Crippen LogP contribution in [0.3, 0.4) is 0 Å². The van der Waals surface area contributed by atoms with Crippen LogP contribution in [0.1, 0.15) is 67.4 Å². The summed E-state index contributed by atoms with van der Waals surface area (Å²) in [6, 6.07) is 1.56. The smallest absolute Gasteiger partial charge is 0.342 e. The molecule has 1 aliphatic rings. The molecule has 0 fully saturated rings. The molecule has 0 bridgehead atoms. The number of hydrogen-bond acceptors (Lipinski definition) is 5. The minimum atomic E-state index is -0.686. The average molecular weight is 374 g/mol. The van der Waals surface area contributed by atoms with Gasteiger partial charge in [-0.3, -0.25) is 0 Å². The number of esters is 1. The van der Waals surface area contributed by atoms with Gasteiger partial charge < -0.3 is 20.1 Å². The van der Waals surface area contributed by atoms with E-state index in [1.165, 1.54) is 5.57 Å². The van der Waals surface area contributed by atoms with Gasteiger partial charge in [-0.15, -0.1) is 0 Å². The molecule has 2 rings (SSSR count). The Morgan fingerprint density at radius 1 is 1.37 bits per heavy atom. The Kier molecular flexibility index (Phi) is 7.08. The highest BCUT2D eigenvalue weighted by molar-refractivity contribution is 5.95. The third-order valence-electron chi connectivity index (χ3n) is 5.16. The van der Waals surface area contributed by atoms with Gasteiger partial charge in [0.25, 0.3) is 0 Å². The molecular weight excluding hydrogens is 344 g/mol. The minimum Gasteiger partial charge on any atom is -0.507 e. The Labute approximate surface area is 161 Å².